The molecule has 0 amide bonds. The maximum atomic E-state index is 15.3. The van der Waals surface area contributed by atoms with Crippen LogP contribution >= 0.6 is 0 Å². The Bertz CT molecular complexity index is 1040. The number of nitrogens with zero attached hydrogens (tertiary/aromatic N) is 1. The van der Waals surface area contributed by atoms with Crippen molar-refractivity contribution < 1.29 is 4.39 Å². The van der Waals surface area contributed by atoms with Crippen LogP contribution in [-0.4, -0.2) is 0 Å². The van der Waals surface area contributed by atoms with Crippen LogP contribution in [0.3, 0.4) is 0 Å². The zero-order valence-electron chi connectivity index (χ0n) is 16.5. The number of aryl methyl sites for hydroxylation is 2. The van der Waals surface area contributed by atoms with E-state index in [1.165, 1.54) is 36.0 Å². The van der Waals surface area contributed by atoms with Crippen LogP contribution in [0.15, 0.2) is 48.5 Å². The summed E-state index contributed by atoms with van der Waals surface area (Å²) in [5.41, 5.74) is 5.34. The molecular weight excluding hydrogens is 345 g/mol. The fourth-order valence-electron chi connectivity index (χ4n) is 4.50. The summed E-state index contributed by atoms with van der Waals surface area (Å²) in [4.78, 5) is 0. The second kappa shape index (κ2) is 8.15. The van der Waals surface area contributed by atoms with Crippen LogP contribution in [0.2, 0.25) is 0 Å². The van der Waals surface area contributed by atoms with Crippen molar-refractivity contribution in [2.75, 3.05) is 0 Å². The minimum Gasteiger partial charge on any atom is -0.206 e. The van der Waals surface area contributed by atoms with Gasteiger partial charge in [0.2, 0.25) is 0 Å². The van der Waals surface area contributed by atoms with Gasteiger partial charge in [0.15, 0.2) is 0 Å². The highest BCUT2D eigenvalue weighted by Crippen LogP contribution is 2.36. The molecule has 3 aromatic rings. The van der Waals surface area contributed by atoms with Gasteiger partial charge in [0.25, 0.3) is 0 Å². The van der Waals surface area contributed by atoms with E-state index in [0.717, 1.165) is 42.0 Å². The summed E-state index contributed by atoms with van der Waals surface area (Å²) < 4.78 is 15.3. The van der Waals surface area contributed by atoms with Crippen LogP contribution in [0.1, 0.15) is 66.3 Å². The van der Waals surface area contributed by atoms with Gasteiger partial charge in [-0.05, 0) is 77.8 Å². The maximum absolute atomic E-state index is 15.3. The van der Waals surface area contributed by atoms with Crippen molar-refractivity contribution >= 4 is 10.8 Å². The third-order valence-corrected chi connectivity index (χ3v) is 6.12. The van der Waals surface area contributed by atoms with E-state index in [9.17, 15) is 0 Å². The lowest BCUT2D eigenvalue weighted by molar-refractivity contribution is 0.539. The molecule has 0 aliphatic heterocycles. The van der Waals surface area contributed by atoms with Crippen LogP contribution in [0.5, 0.6) is 0 Å². The van der Waals surface area contributed by atoms with Crippen molar-refractivity contribution in [2.45, 2.75) is 57.8 Å². The van der Waals surface area contributed by atoms with Crippen molar-refractivity contribution in [1.29, 1.82) is 5.26 Å². The highest BCUT2D eigenvalue weighted by molar-refractivity contribution is 5.84. The molecule has 1 nitrogen and oxygen atoms in total. The van der Waals surface area contributed by atoms with E-state index in [2.05, 4.69) is 31.2 Å². The van der Waals surface area contributed by atoms with Crippen LogP contribution in [0.4, 0.5) is 4.39 Å². The molecule has 0 bridgehead atoms. The molecule has 0 saturated carbocycles. The average Bonchev–Trinajstić information content (AvgIpc) is 2.73. The van der Waals surface area contributed by atoms with Crippen molar-refractivity contribution in [3.8, 4) is 6.07 Å². The Hall–Kier alpha value is -2.66. The molecule has 28 heavy (non-hydrogen) atoms. The number of benzene rings is 3. The Labute approximate surface area is 166 Å². The van der Waals surface area contributed by atoms with E-state index in [-0.39, 0.29) is 11.7 Å². The molecule has 0 saturated heterocycles. The molecule has 2 heteroatoms. The number of hydrogen-bond acceptors (Lipinski definition) is 1. The topological polar surface area (TPSA) is 23.8 Å². The Kier molecular flexibility index (Phi) is 5.44. The van der Waals surface area contributed by atoms with Gasteiger partial charge in [-0.1, -0.05) is 56.2 Å². The van der Waals surface area contributed by atoms with E-state index in [1.807, 2.05) is 30.3 Å². The molecule has 1 unspecified atom stereocenters. The van der Waals surface area contributed by atoms with E-state index in [4.69, 9.17) is 5.26 Å². The van der Waals surface area contributed by atoms with Crippen molar-refractivity contribution in [3.05, 3.63) is 82.2 Å². The molecule has 1 aliphatic rings. The number of halogens is 1. The van der Waals surface area contributed by atoms with Gasteiger partial charge in [-0.2, -0.15) is 5.26 Å². The second-order valence-corrected chi connectivity index (χ2v) is 8.02. The Morgan fingerprint density at radius 3 is 2.75 bits per heavy atom. The minimum absolute atomic E-state index is 0.0558. The first-order valence-corrected chi connectivity index (χ1v) is 10.4. The van der Waals surface area contributed by atoms with Crippen molar-refractivity contribution in [1.82, 2.24) is 0 Å². The summed E-state index contributed by atoms with van der Waals surface area (Å²) in [5.74, 6) is 0.147. The molecule has 0 heterocycles. The summed E-state index contributed by atoms with van der Waals surface area (Å²) in [5, 5.41) is 10.8. The maximum Gasteiger partial charge on any atom is 0.134 e. The van der Waals surface area contributed by atoms with E-state index < -0.39 is 0 Å². The fourth-order valence-corrected chi connectivity index (χ4v) is 4.50. The lowest BCUT2D eigenvalue weighted by Gasteiger charge is -2.26. The quantitative estimate of drug-likeness (QED) is 0.450. The molecule has 0 N–H and O–H groups in total. The first-order chi connectivity index (χ1) is 13.7. The van der Waals surface area contributed by atoms with Gasteiger partial charge in [0, 0.05) is 5.39 Å². The van der Waals surface area contributed by atoms with E-state index in [0.29, 0.717) is 5.56 Å². The zero-order valence-corrected chi connectivity index (χ0v) is 16.5. The van der Waals surface area contributed by atoms with Gasteiger partial charge in [-0.15, -0.1) is 0 Å². The number of fused-ring (bicyclic) bond motifs is 2. The fraction of sp³-hybridized carbons (Fsp3) is 0.346. The zero-order chi connectivity index (χ0) is 19.5. The molecular formula is C26H26FN. The van der Waals surface area contributed by atoms with E-state index >= 15 is 4.39 Å². The van der Waals surface area contributed by atoms with Gasteiger partial charge in [0.1, 0.15) is 5.82 Å². The predicted octanol–water partition coefficient (Wildman–Crippen LogP) is 6.86. The number of rotatable bonds is 5. The predicted molar refractivity (Wildman–Crippen MR) is 113 cm³/mol. The summed E-state index contributed by atoms with van der Waals surface area (Å²) in [6.45, 7) is 2.21. The summed E-state index contributed by atoms with van der Waals surface area (Å²) in [7, 11) is 0. The first kappa shape index (κ1) is 18.7. The number of hydrogen-bond donors (Lipinski definition) is 0. The highest BCUT2D eigenvalue weighted by Gasteiger charge is 2.23. The van der Waals surface area contributed by atoms with Crippen LogP contribution in [-0.2, 0) is 19.3 Å². The Balaban J connectivity index is 1.59. The highest BCUT2D eigenvalue weighted by atomic mass is 19.1. The third-order valence-electron chi connectivity index (χ3n) is 6.12. The minimum atomic E-state index is -0.0558. The molecule has 0 aromatic heterocycles. The summed E-state index contributed by atoms with van der Waals surface area (Å²) >= 11 is 0. The summed E-state index contributed by atoms with van der Waals surface area (Å²) in [6.07, 6.45) is 7.40. The SMILES string of the molecule is CCCCCc1ccc2c(F)c(C3CCc4cc(C#N)ccc4C3)ccc2c1. The van der Waals surface area contributed by atoms with Crippen LogP contribution in [0, 0.1) is 17.1 Å². The normalized spacial score (nSPS) is 16.0. The Morgan fingerprint density at radius 2 is 1.93 bits per heavy atom. The van der Waals surface area contributed by atoms with Gasteiger partial charge in [0.05, 0.1) is 11.6 Å². The lowest BCUT2D eigenvalue weighted by Crippen LogP contribution is -2.14. The molecule has 0 radical (unpaired) electrons. The van der Waals surface area contributed by atoms with Gasteiger partial charge < -0.3 is 0 Å². The standard InChI is InChI=1S/C26H26FN/c1-2-3-4-5-18-7-12-24-22(14-18)11-13-25(26(24)27)23-10-9-20-15-19(17-28)6-8-21(20)16-23/h6-8,11-15,23H,2-5,9-10,16H2,1H3. The van der Waals surface area contributed by atoms with Gasteiger partial charge >= 0.3 is 0 Å². The molecule has 0 spiro atoms. The monoisotopic (exact) mass is 371 g/mol. The third kappa shape index (κ3) is 3.67. The largest absolute Gasteiger partial charge is 0.206 e. The average molecular weight is 371 g/mol. The summed E-state index contributed by atoms with van der Waals surface area (Å²) in [6, 6.07) is 18.4. The van der Waals surface area contributed by atoms with Crippen molar-refractivity contribution in [2.24, 2.45) is 0 Å². The number of nitriles is 1. The molecule has 0 fully saturated rings. The smallest absolute Gasteiger partial charge is 0.134 e. The molecule has 3 aromatic carbocycles. The number of unbranched alkanes of at least 4 members (excludes halogenated alkanes) is 2. The van der Waals surface area contributed by atoms with Crippen molar-refractivity contribution in [3.63, 3.8) is 0 Å². The molecule has 4 rings (SSSR count). The lowest BCUT2D eigenvalue weighted by atomic mass is 9.79. The Morgan fingerprint density at radius 1 is 1.04 bits per heavy atom. The van der Waals surface area contributed by atoms with Gasteiger partial charge in [-0.25, -0.2) is 4.39 Å². The van der Waals surface area contributed by atoms with E-state index in [1.54, 1.807) is 0 Å². The van der Waals surface area contributed by atoms with Gasteiger partial charge in [-0.3, -0.25) is 0 Å². The molecule has 1 aliphatic carbocycles. The van der Waals surface area contributed by atoms with Crippen LogP contribution < -0.4 is 0 Å². The molecule has 142 valence electrons. The van der Waals surface area contributed by atoms with Crippen LogP contribution in [0.25, 0.3) is 10.8 Å². The molecule has 1 atom stereocenters. The first-order valence-electron chi connectivity index (χ1n) is 10.4. The second-order valence-electron chi connectivity index (χ2n) is 8.02.